The fourth-order valence-electron chi connectivity index (χ4n) is 3.63. The summed E-state index contributed by atoms with van der Waals surface area (Å²) in [6.07, 6.45) is 1.22. The predicted octanol–water partition coefficient (Wildman–Crippen LogP) is 0.421. The minimum absolute atomic E-state index is 0.0834. The number of likely N-dealkylation sites (tertiary alicyclic amines) is 1. The van der Waals surface area contributed by atoms with Crippen molar-refractivity contribution < 1.29 is 24.1 Å². The van der Waals surface area contributed by atoms with Crippen molar-refractivity contribution in [3.63, 3.8) is 0 Å². The number of nitrogens with zero attached hydrogens (tertiary/aromatic N) is 1. The van der Waals surface area contributed by atoms with Gasteiger partial charge in [-0.15, -0.1) is 0 Å². The molecule has 1 amide bonds. The highest BCUT2D eigenvalue weighted by atomic mass is 16.5. The number of para-hydroxylation sites is 1. The molecule has 26 heavy (non-hydrogen) atoms. The standard InChI is InChI=1S/C19H28N2O5/c1-24-11-14-6-5-9-21(14)10-17-19(23)16(12-26-17)20-18(22)13-25-15-7-3-2-4-8-15/h2-4,7-8,14,16-17,19,23H,5-6,9-13H2,1H3,(H,20,22)/t14-,16+,17+,19-/m1/s1. The summed E-state index contributed by atoms with van der Waals surface area (Å²) in [5, 5.41) is 13.3. The van der Waals surface area contributed by atoms with Gasteiger partial charge in [-0.05, 0) is 31.5 Å². The molecule has 0 unspecified atom stereocenters. The van der Waals surface area contributed by atoms with E-state index in [1.165, 1.54) is 0 Å². The summed E-state index contributed by atoms with van der Waals surface area (Å²) >= 11 is 0. The van der Waals surface area contributed by atoms with Gasteiger partial charge in [-0.1, -0.05) is 18.2 Å². The van der Waals surface area contributed by atoms with Gasteiger partial charge < -0.3 is 24.6 Å². The van der Waals surface area contributed by atoms with Gasteiger partial charge in [0.25, 0.3) is 5.91 Å². The molecule has 144 valence electrons. The summed E-state index contributed by atoms with van der Waals surface area (Å²) in [5.41, 5.74) is 0. The number of hydrogen-bond donors (Lipinski definition) is 2. The zero-order chi connectivity index (χ0) is 18.4. The van der Waals surface area contributed by atoms with E-state index in [1.54, 1.807) is 19.2 Å². The smallest absolute Gasteiger partial charge is 0.258 e. The van der Waals surface area contributed by atoms with Crippen molar-refractivity contribution in [1.82, 2.24) is 10.2 Å². The lowest BCUT2D eigenvalue weighted by Gasteiger charge is -2.28. The predicted molar refractivity (Wildman–Crippen MR) is 96.1 cm³/mol. The van der Waals surface area contributed by atoms with Crippen molar-refractivity contribution in [2.24, 2.45) is 0 Å². The second-order valence-electron chi connectivity index (χ2n) is 6.88. The van der Waals surface area contributed by atoms with Crippen LogP contribution in [0.15, 0.2) is 30.3 Å². The van der Waals surface area contributed by atoms with Crippen LogP contribution in [0.3, 0.4) is 0 Å². The lowest BCUT2D eigenvalue weighted by atomic mass is 10.1. The maximum Gasteiger partial charge on any atom is 0.258 e. The summed E-state index contributed by atoms with van der Waals surface area (Å²) in [6.45, 7) is 2.57. The third kappa shape index (κ3) is 4.94. The van der Waals surface area contributed by atoms with Crippen molar-refractivity contribution in [3.05, 3.63) is 30.3 Å². The monoisotopic (exact) mass is 364 g/mol. The van der Waals surface area contributed by atoms with E-state index >= 15 is 0 Å². The van der Waals surface area contributed by atoms with E-state index in [0.717, 1.165) is 19.4 Å². The molecule has 3 rings (SSSR count). The van der Waals surface area contributed by atoms with Gasteiger partial charge in [0.05, 0.1) is 25.4 Å². The van der Waals surface area contributed by atoms with Crippen LogP contribution in [-0.4, -0.2) is 80.2 Å². The first kappa shape index (κ1) is 19.1. The van der Waals surface area contributed by atoms with Crippen molar-refractivity contribution in [2.75, 3.05) is 40.0 Å². The Hall–Kier alpha value is -1.67. The molecule has 2 N–H and O–H groups in total. The molecule has 0 spiro atoms. The number of ether oxygens (including phenoxy) is 3. The maximum absolute atomic E-state index is 12.1. The van der Waals surface area contributed by atoms with Crippen LogP contribution in [-0.2, 0) is 14.3 Å². The van der Waals surface area contributed by atoms with E-state index < -0.39 is 12.1 Å². The third-order valence-corrected chi connectivity index (χ3v) is 5.02. The van der Waals surface area contributed by atoms with Crippen LogP contribution in [0.4, 0.5) is 0 Å². The number of amides is 1. The van der Waals surface area contributed by atoms with E-state index in [1.807, 2.05) is 18.2 Å². The fourth-order valence-corrected chi connectivity index (χ4v) is 3.63. The highest BCUT2D eigenvalue weighted by molar-refractivity contribution is 5.78. The molecule has 2 aliphatic rings. The molecular formula is C19H28N2O5. The van der Waals surface area contributed by atoms with Crippen LogP contribution in [0.1, 0.15) is 12.8 Å². The van der Waals surface area contributed by atoms with Crippen molar-refractivity contribution in [2.45, 2.75) is 37.1 Å². The molecule has 1 aromatic carbocycles. The molecule has 0 saturated carbocycles. The molecule has 7 heteroatoms. The lowest BCUT2D eigenvalue weighted by Crippen LogP contribution is -2.48. The number of benzene rings is 1. The molecule has 2 fully saturated rings. The minimum atomic E-state index is -0.723. The van der Waals surface area contributed by atoms with Gasteiger partial charge in [-0.25, -0.2) is 0 Å². The average Bonchev–Trinajstić information content (AvgIpc) is 3.23. The van der Waals surface area contributed by atoms with Gasteiger partial charge in [0.2, 0.25) is 0 Å². The Morgan fingerprint density at radius 3 is 2.96 bits per heavy atom. The van der Waals surface area contributed by atoms with Gasteiger partial charge in [-0.3, -0.25) is 9.69 Å². The number of aliphatic hydroxyl groups excluding tert-OH is 1. The number of hydrogen-bond acceptors (Lipinski definition) is 6. The first-order chi connectivity index (χ1) is 12.7. The maximum atomic E-state index is 12.1. The van der Waals surface area contributed by atoms with E-state index in [4.69, 9.17) is 14.2 Å². The second-order valence-corrected chi connectivity index (χ2v) is 6.88. The normalized spacial score (nSPS) is 29.0. The van der Waals surface area contributed by atoms with Crippen LogP contribution in [0.25, 0.3) is 0 Å². The number of rotatable bonds is 8. The van der Waals surface area contributed by atoms with Crippen LogP contribution in [0, 0.1) is 0 Å². The van der Waals surface area contributed by atoms with E-state index in [2.05, 4.69) is 10.2 Å². The van der Waals surface area contributed by atoms with Gasteiger partial charge in [-0.2, -0.15) is 0 Å². The molecule has 7 nitrogen and oxygen atoms in total. The number of nitrogens with one attached hydrogen (secondary N) is 1. The molecule has 0 aliphatic carbocycles. The molecule has 1 aromatic rings. The molecule has 2 aliphatic heterocycles. The highest BCUT2D eigenvalue weighted by Crippen LogP contribution is 2.22. The Balaban J connectivity index is 1.43. The van der Waals surface area contributed by atoms with Gasteiger partial charge in [0.1, 0.15) is 11.9 Å². The van der Waals surface area contributed by atoms with E-state index in [-0.39, 0.29) is 18.6 Å². The van der Waals surface area contributed by atoms with Crippen LogP contribution in [0.5, 0.6) is 5.75 Å². The minimum Gasteiger partial charge on any atom is -0.484 e. The lowest BCUT2D eigenvalue weighted by molar-refractivity contribution is -0.124. The van der Waals surface area contributed by atoms with Crippen LogP contribution >= 0.6 is 0 Å². The quantitative estimate of drug-likeness (QED) is 0.696. The second kappa shape index (κ2) is 9.32. The van der Waals surface area contributed by atoms with Gasteiger partial charge in [0.15, 0.2) is 6.61 Å². The summed E-state index contributed by atoms with van der Waals surface area (Å²) in [4.78, 5) is 14.4. The molecule has 2 saturated heterocycles. The Morgan fingerprint density at radius 1 is 1.38 bits per heavy atom. The van der Waals surface area contributed by atoms with Gasteiger partial charge in [0, 0.05) is 19.7 Å². The van der Waals surface area contributed by atoms with Crippen molar-refractivity contribution in [1.29, 1.82) is 0 Å². The SMILES string of the molecule is COC[C@H]1CCCN1C[C@@H]1OC[C@H](NC(=O)COc2ccccc2)[C@H]1O. The summed E-state index contributed by atoms with van der Waals surface area (Å²) < 4.78 is 16.4. The number of carbonyl (C=O) groups excluding carboxylic acids is 1. The fraction of sp³-hybridized carbons (Fsp3) is 0.632. The number of methoxy groups -OCH3 is 1. The molecule has 0 aromatic heterocycles. The summed E-state index contributed by atoms with van der Waals surface area (Å²) in [6, 6.07) is 9.14. The summed E-state index contributed by atoms with van der Waals surface area (Å²) in [5.74, 6) is 0.377. The molecule has 0 bridgehead atoms. The zero-order valence-corrected chi connectivity index (χ0v) is 15.2. The Morgan fingerprint density at radius 2 is 2.19 bits per heavy atom. The Labute approximate surface area is 154 Å². The molecular weight excluding hydrogens is 336 g/mol. The molecule has 0 radical (unpaired) electrons. The first-order valence-electron chi connectivity index (χ1n) is 9.17. The van der Waals surface area contributed by atoms with E-state index in [0.29, 0.717) is 31.5 Å². The summed E-state index contributed by atoms with van der Waals surface area (Å²) in [7, 11) is 1.71. The zero-order valence-electron chi connectivity index (χ0n) is 15.2. The van der Waals surface area contributed by atoms with Crippen molar-refractivity contribution in [3.8, 4) is 5.75 Å². The Bertz CT molecular complexity index is 570. The third-order valence-electron chi connectivity index (χ3n) is 5.02. The molecule has 4 atom stereocenters. The van der Waals surface area contributed by atoms with Crippen molar-refractivity contribution >= 4 is 5.91 Å². The van der Waals surface area contributed by atoms with Crippen LogP contribution in [0.2, 0.25) is 0 Å². The number of aliphatic hydroxyl groups is 1. The topological polar surface area (TPSA) is 80.3 Å². The first-order valence-corrected chi connectivity index (χ1v) is 9.17. The highest BCUT2D eigenvalue weighted by Gasteiger charge is 2.39. The van der Waals surface area contributed by atoms with Gasteiger partial charge >= 0.3 is 0 Å². The van der Waals surface area contributed by atoms with E-state index in [9.17, 15) is 9.90 Å². The molecule has 2 heterocycles. The number of carbonyl (C=O) groups is 1. The van der Waals surface area contributed by atoms with Crippen LogP contribution < -0.4 is 10.1 Å². The average molecular weight is 364 g/mol. The largest absolute Gasteiger partial charge is 0.484 e. The Kier molecular flexibility index (Phi) is 6.85.